The van der Waals surface area contributed by atoms with Crippen LogP contribution in [0.5, 0.6) is 0 Å². The smallest absolute Gasteiger partial charge is 0.258 e. The highest BCUT2D eigenvalue weighted by Crippen LogP contribution is 2.26. The first-order chi connectivity index (χ1) is 10.6. The summed E-state index contributed by atoms with van der Waals surface area (Å²) >= 11 is 7.23. The van der Waals surface area contributed by atoms with E-state index in [0.717, 1.165) is 10.2 Å². The van der Waals surface area contributed by atoms with Gasteiger partial charge in [-0.05, 0) is 18.2 Å². The van der Waals surface area contributed by atoms with E-state index in [-0.39, 0.29) is 10.7 Å². The van der Waals surface area contributed by atoms with Gasteiger partial charge in [0, 0.05) is 11.6 Å². The number of anilines is 1. The molecule has 110 valence electrons. The summed E-state index contributed by atoms with van der Waals surface area (Å²) in [4.78, 5) is 14.7. The molecule has 0 radical (unpaired) electrons. The van der Waals surface area contributed by atoms with E-state index in [2.05, 4.69) is 15.5 Å². The molecule has 0 unspecified atom stereocenters. The molecule has 3 rings (SSSR count). The molecular weight excluding hydrogens is 324 g/mol. The van der Waals surface area contributed by atoms with Gasteiger partial charge >= 0.3 is 0 Å². The monoisotopic (exact) mass is 332 g/mol. The highest BCUT2D eigenvalue weighted by Gasteiger charge is 2.11. The normalized spacial score (nSPS) is 11.1. The fraction of sp³-hybridized carbons (Fsp3) is 0. The molecule has 1 N–H and O–H groups in total. The highest BCUT2D eigenvalue weighted by atomic mass is 35.5. The second-order valence-corrected chi connectivity index (χ2v) is 5.76. The van der Waals surface area contributed by atoms with Crippen molar-refractivity contribution in [1.82, 2.24) is 4.98 Å². The van der Waals surface area contributed by atoms with E-state index in [1.54, 1.807) is 6.07 Å². The lowest BCUT2D eigenvalue weighted by Crippen LogP contribution is -1.93. The van der Waals surface area contributed by atoms with Crippen LogP contribution in [0.3, 0.4) is 0 Å². The summed E-state index contributed by atoms with van der Waals surface area (Å²) in [6.45, 7) is 0. The van der Waals surface area contributed by atoms with Crippen molar-refractivity contribution in [3.8, 4) is 0 Å². The molecule has 0 saturated carbocycles. The number of hydrazone groups is 1. The summed E-state index contributed by atoms with van der Waals surface area (Å²) in [6, 6.07) is 12.2. The zero-order chi connectivity index (χ0) is 15.5. The Labute approximate surface area is 134 Å². The number of nitrogens with zero attached hydrogens (tertiary/aromatic N) is 3. The first kappa shape index (κ1) is 14.4. The van der Waals surface area contributed by atoms with Crippen molar-refractivity contribution in [2.45, 2.75) is 0 Å². The maximum Gasteiger partial charge on any atom is 0.288 e. The van der Waals surface area contributed by atoms with Gasteiger partial charge < -0.3 is 0 Å². The van der Waals surface area contributed by atoms with E-state index in [0.29, 0.717) is 10.7 Å². The molecule has 6 nitrogen and oxygen atoms in total. The van der Waals surface area contributed by atoms with Crippen LogP contribution in [0.15, 0.2) is 47.6 Å². The third-order valence-corrected chi connectivity index (χ3v) is 4.10. The Morgan fingerprint density at radius 1 is 1.32 bits per heavy atom. The number of nitrogens with one attached hydrogen (secondary N) is 1. The van der Waals surface area contributed by atoms with Crippen molar-refractivity contribution in [3.05, 3.63) is 63.2 Å². The van der Waals surface area contributed by atoms with E-state index >= 15 is 0 Å². The van der Waals surface area contributed by atoms with Crippen LogP contribution < -0.4 is 5.43 Å². The first-order valence-electron chi connectivity index (χ1n) is 6.22. The Kier molecular flexibility index (Phi) is 3.99. The van der Waals surface area contributed by atoms with E-state index in [1.165, 1.54) is 29.7 Å². The number of fused-ring (bicyclic) bond motifs is 1. The van der Waals surface area contributed by atoms with Crippen molar-refractivity contribution in [2.75, 3.05) is 5.43 Å². The van der Waals surface area contributed by atoms with Crippen molar-refractivity contribution < 1.29 is 4.92 Å². The van der Waals surface area contributed by atoms with E-state index < -0.39 is 4.92 Å². The van der Waals surface area contributed by atoms with Gasteiger partial charge in [0.25, 0.3) is 5.69 Å². The van der Waals surface area contributed by atoms with Gasteiger partial charge in [0.2, 0.25) is 5.13 Å². The Morgan fingerprint density at radius 3 is 2.91 bits per heavy atom. The van der Waals surface area contributed by atoms with Gasteiger partial charge in [-0.25, -0.2) is 4.98 Å². The van der Waals surface area contributed by atoms with Crippen LogP contribution >= 0.6 is 22.9 Å². The molecule has 0 atom stereocenters. The van der Waals surface area contributed by atoms with E-state index in [1.807, 2.05) is 24.3 Å². The van der Waals surface area contributed by atoms with Gasteiger partial charge in [-0.15, -0.1) is 0 Å². The van der Waals surface area contributed by atoms with Crippen molar-refractivity contribution in [1.29, 1.82) is 0 Å². The molecule has 0 aliphatic carbocycles. The van der Waals surface area contributed by atoms with E-state index in [4.69, 9.17) is 11.6 Å². The van der Waals surface area contributed by atoms with Crippen LogP contribution in [-0.4, -0.2) is 16.1 Å². The lowest BCUT2D eigenvalue weighted by Gasteiger charge is -1.97. The molecule has 1 aromatic heterocycles. The Bertz CT molecular complexity index is 845. The molecule has 0 spiro atoms. The lowest BCUT2D eigenvalue weighted by molar-refractivity contribution is -0.384. The van der Waals surface area contributed by atoms with Gasteiger partial charge in [0.05, 0.1) is 21.4 Å². The number of nitro groups is 1. The summed E-state index contributed by atoms with van der Waals surface area (Å²) in [5, 5.41) is 15.6. The largest absolute Gasteiger partial charge is 0.288 e. The number of hydrogen-bond donors (Lipinski definition) is 1. The molecule has 0 saturated heterocycles. The number of halogens is 1. The van der Waals surface area contributed by atoms with E-state index in [9.17, 15) is 10.1 Å². The second kappa shape index (κ2) is 6.08. The van der Waals surface area contributed by atoms with Gasteiger partial charge in [0.15, 0.2) is 0 Å². The minimum atomic E-state index is -0.527. The SMILES string of the molecule is O=[N+]([O-])c1cc(C=NNc2nc3ccccc3s2)ccc1Cl. The average Bonchev–Trinajstić information content (AvgIpc) is 2.91. The molecule has 3 aromatic rings. The summed E-state index contributed by atoms with van der Waals surface area (Å²) < 4.78 is 1.06. The number of hydrogen-bond acceptors (Lipinski definition) is 6. The van der Waals surface area contributed by atoms with Crippen LogP contribution in [-0.2, 0) is 0 Å². The molecule has 0 fully saturated rings. The van der Waals surface area contributed by atoms with Crippen LogP contribution in [0, 0.1) is 10.1 Å². The maximum absolute atomic E-state index is 10.8. The summed E-state index contributed by atoms with van der Waals surface area (Å²) in [5.41, 5.74) is 4.14. The molecule has 22 heavy (non-hydrogen) atoms. The first-order valence-corrected chi connectivity index (χ1v) is 7.41. The molecule has 0 amide bonds. The summed E-state index contributed by atoms with van der Waals surface area (Å²) in [5.74, 6) is 0. The van der Waals surface area contributed by atoms with Crippen LogP contribution in [0.2, 0.25) is 5.02 Å². The minimum Gasteiger partial charge on any atom is -0.258 e. The topological polar surface area (TPSA) is 80.4 Å². The summed E-state index contributed by atoms with van der Waals surface area (Å²) in [7, 11) is 0. The molecule has 0 aliphatic rings. The number of nitro benzene ring substituents is 1. The number of para-hydroxylation sites is 1. The van der Waals surface area contributed by atoms with Crippen LogP contribution in [0.1, 0.15) is 5.56 Å². The average molecular weight is 333 g/mol. The Morgan fingerprint density at radius 2 is 2.14 bits per heavy atom. The summed E-state index contributed by atoms with van der Waals surface area (Å²) in [6.07, 6.45) is 1.48. The number of thiazole rings is 1. The molecule has 0 aliphatic heterocycles. The fourth-order valence-electron chi connectivity index (χ4n) is 1.83. The van der Waals surface area contributed by atoms with Gasteiger partial charge in [-0.3, -0.25) is 15.5 Å². The second-order valence-electron chi connectivity index (χ2n) is 4.32. The zero-order valence-corrected chi connectivity index (χ0v) is 12.6. The predicted molar refractivity (Wildman–Crippen MR) is 88.9 cm³/mol. The Hall–Kier alpha value is -2.51. The van der Waals surface area contributed by atoms with Crippen LogP contribution in [0.25, 0.3) is 10.2 Å². The zero-order valence-electron chi connectivity index (χ0n) is 11.1. The van der Waals surface area contributed by atoms with Gasteiger partial charge in [-0.2, -0.15) is 5.10 Å². The Balaban J connectivity index is 1.77. The third kappa shape index (κ3) is 3.05. The predicted octanol–water partition coefficient (Wildman–Crippen LogP) is 4.30. The third-order valence-electron chi connectivity index (χ3n) is 2.83. The van der Waals surface area contributed by atoms with Crippen molar-refractivity contribution >= 4 is 50.2 Å². The molecule has 2 aromatic carbocycles. The van der Waals surface area contributed by atoms with Gasteiger partial charge in [-0.1, -0.05) is 41.1 Å². The number of aromatic nitrogens is 1. The van der Waals surface area contributed by atoms with Crippen molar-refractivity contribution in [2.24, 2.45) is 5.10 Å². The highest BCUT2D eigenvalue weighted by molar-refractivity contribution is 7.22. The number of benzene rings is 2. The van der Waals surface area contributed by atoms with Crippen molar-refractivity contribution in [3.63, 3.8) is 0 Å². The number of rotatable bonds is 4. The molecule has 8 heteroatoms. The van der Waals surface area contributed by atoms with Gasteiger partial charge in [0.1, 0.15) is 5.02 Å². The minimum absolute atomic E-state index is 0.0984. The molecular formula is C14H9ClN4O2S. The molecule has 1 heterocycles. The standard InChI is InChI=1S/C14H9ClN4O2S/c15-10-6-5-9(7-12(10)19(20)21)8-16-18-14-17-11-3-1-2-4-13(11)22-14/h1-8H,(H,17,18). The fourth-order valence-corrected chi connectivity index (χ4v) is 2.83. The maximum atomic E-state index is 10.8. The lowest BCUT2D eigenvalue weighted by atomic mass is 10.2. The van der Waals surface area contributed by atoms with Crippen LogP contribution in [0.4, 0.5) is 10.8 Å². The molecule has 0 bridgehead atoms. The quantitative estimate of drug-likeness (QED) is 0.438.